The van der Waals surface area contributed by atoms with Crippen molar-refractivity contribution >= 4 is 34.5 Å². The van der Waals surface area contributed by atoms with E-state index in [1.807, 2.05) is 6.92 Å². The van der Waals surface area contributed by atoms with Crippen LogP contribution in [0, 0.1) is 0 Å². The summed E-state index contributed by atoms with van der Waals surface area (Å²) in [5, 5.41) is 12.0. The lowest BCUT2D eigenvalue weighted by molar-refractivity contribution is 0.0951. The molecule has 10 nitrogen and oxygen atoms in total. The Morgan fingerprint density at radius 1 is 1.31 bits per heavy atom. The monoisotopic (exact) mass is 417 g/mol. The fourth-order valence-corrected chi connectivity index (χ4v) is 3.19. The molecule has 3 heterocycles. The average molecular weight is 417 g/mol. The summed E-state index contributed by atoms with van der Waals surface area (Å²) in [5.41, 5.74) is 0.845. The van der Waals surface area contributed by atoms with Crippen LogP contribution < -0.4 is 16.2 Å². The Balaban J connectivity index is 1.72. The summed E-state index contributed by atoms with van der Waals surface area (Å²) in [6.45, 7) is 4.04. The quantitative estimate of drug-likeness (QED) is 0.254. The molecule has 3 aromatic heterocycles. The zero-order valence-corrected chi connectivity index (χ0v) is 17.1. The van der Waals surface area contributed by atoms with E-state index in [1.54, 1.807) is 29.8 Å². The fraction of sp³-hybridized carbons (Fsp3) is 0.389. The van der Waals surface area contributed by atoms with Gasteiger partial charge in [0.1, 0.15) is 5.82 Å². The molecule has 0 saturated carbocycles. The molecule has 0 aliphatic heterocycles. The normalized spacial score (nSPS) is 11.0. The minimum atomic E-state index is -0.267. The maximum absolute atomic E-state index is 12.2. The van der Waals surface area contributed by atoms with E-state index in [0.29, 0.717) is 48.4 Å². The molecule has 1 amide bonds. The van der Waals surface area contributed by atoms with E-state index >= 15 is 0 Å². The van der Waals surface area contributed by atoms with Gasteiger partial charge in [-0.25, -0.2) is 14.6 Å². The molecule has 0 aliphatic carbocycles. The first-order valence-corrected chi connectivity index (χ1v) is 10.2. The summed E-state index contributed by atoms with van der Waals surface area (Å²) in [5.74, 6) is 1.30. The van der Waals surface area contributed by atoms with Crippen LogP contribution in [0.2, 0.25) is 0 Å². The van der Waals surface area contributed by atoms with Crippen molar-refractivity contribution in [2.45, 2.75) is 18.6 Å². The van der Waals surface area contributed by atoms with Crippen molar-refractivity contribution in [2.24, 2.45) is 0 Å². The van der Waals surface area contributed by atoms with E-state index < -0.39 is 0 Å². The number of methoxy groups -OCH3 is 1. The van der Waals surface area contributed by atoms with Gasteiger partial charge in [0.25, 0.3) is 5.91 Å². The maximum atomic E-state index is 12.2. The molecule has 0 fully saturated rings. The van der Waals surface area contributed by atoms with Crippen LogP contribution in [0.15, 0.2) is 34.5 Å². The zero-order valence-electron chi connectivity index (χ0n) is 16.3. The first kappa shape index (κ1) is 20.8. The second kappa shape index (κ2) is 10.0. The third-order valence-electron chi connectivity index (χ3n) is 4.00. The Hall–Kier alpha value is -2.92. The standard InChI is InChI=1S/C18H23N7O3S/c1-3-29-18-23-15(19-7-9-28-2)13-11-22-25(16(13)24-18)8-6-20-17(27)12-4-5-14(26)21-10-12/h4-5,10-11H,3,6-9H2,1-2H3,(H,20,27)(H,21,26)(H,19,23,24). The molecule has 0 spiro atoms. The number of rotatable bonds is 10. The molecule has 3 N–H and O–H groups in total. The van der Waals surface area contributed by atoms with E-state index in [4.69, 9.17) is 4.74 Å². The lowest BCUT2D eigenvalue weighted by Gasteiger charge is -2.09. The minimum absolute atomic E-state index is 0.250. The smallest absolute Gasteiger partial charge is 0.252 e. The van der Waals surface area contributed by atoms with Gasteiger partial charge in [-0.3, -0.25) is 9.59 Å². The van der Waals surface area contributed by atoms with Gasteiger partial charge in [0, 0.05) is 32.5 Å². The molecule has 3 aromatic rings. The largest absolute Gasteiger partial charge is 0.383 e. The molecular formula is C18H23N7O3S. The van der Waals surface area contributed by atoms with E-state index in [2.05, 4.69) is 30.7 Å². The summed E-state index contributed by atoms with van der Waals surface area (Å²) < 4.78 is 6.83. The first-order valence-electron chi connectivity index (χ1n) is 9.18. The number of nitrogens with zero attached hydrogens (tertiary/aromatic N) is 4. The number of ether oxygens (including phenoxy) is 1. The summed E-state index contributed by atoms with van der Waals surface area (Å²) >= 11 is 1.55. The number of carbonyl (C=O) groups excluding carboxylic acids is 1. The van der Waals surface area contributed by atoms with E-state index in [1.165, 1.54) is 18.3 Å². The summed E-state index contributed by atoms with van der Waals surface area (Å²) in [7, 11) is 1.65. The predicted molar refractivity (Wildman–Crippen MR) is 111 cm³/mol. The maximum Gasteiger partial charge on any atom is 0.252 e. The van der Waals surface area contributed by atoms with Gasteiger partial charge in [-0.2, -0.15) is 5.10 Å². The van der Waals surface area contributed by atoms with E-state index in [-0.39, 0.29) is 11.5 Å². The number of carbonyl (C=O) groups is 1. The number of H-pyrrole nitrogens is 1. The molecule has 3 rings (SSSR count). The third kappa shape index (κ3) is 5.33. The van der Waals surface area contributed by atoms with Gasteiger partial charge in [0.15, 0.2) is 10.8 Å². The number of aromatic nitrogens is 5. The second-order valence-corrected chi connectivity index (χ2v) is 7.24. The number of hydrogen-bond acceptors (Lipinski definition) is 8. The minimum Gasteiger partial charge on any atom is -0.383 e. The van der Waals surface area contributed by atoms with Crippen molar-refractivity contribution in [2.75, 3.05) is 37.9 Å². The van der Waals surface area contributed by atoms with Crippen molar-refractivity contribution in [3.63, 3.8) is 0 Å². The highest BCUT2D eigenvalue weighted by Crippen LogP contribution is 2.24. The van der Waals surface area contributed by atoms with Crippen LogP contribution in [0.4, 0.5) is 5.82 Å². The number of pyridine rings is 1. The number of anilines is 1. The van der Waals surface area contributed by atoms with Gasteiger partial charge < -0.3 is 20.4 Å². The number of amides is 1. The fourth-order valence-electron chi connectivity index (χ4n) is 2.63. The van der Waals surface area contributed by atoms with Crippen molar-refractivity contribution in [3.8, 4) is 0 Å². The van der Waals surface area contributed by atoms with Crippen molar-refractivity contribution in [3.05, 3.63) is 40.4 Å². The summed E-state index contributed by atoms with van der Waals surface area (Å²) in [6, 6.07) is 2.80. The first-order chi connectivity index (χ1) is 14.1. The van der Waals surface area contributed by atoms with Gasteiger partial charge in [-0.15, -0.1) is 0 Å². The van der Waals surface area contributed by atoms with Crippen LogP contribution in [0.3, 0.4) is 0 Å². The van der Waals surface area contributed by atoms with Crippen LogP contribution >= 0.6 is 11.8 Å². The molecule has 0 aromatic carbocycles. The number of nitrogens with one attached hydrogen (secondary N) is 3. The zero-order chi connectivity index (χ0) is 20.6. The van der Waals surface area contributed by atoms with Crippen molar-refractivity contribution < 1.29 is 9.53 Å². The number of hydrogen-bond donors (Lipinski definition) is 3. The molecule has 154 valence electrons. The molecule has 0 atom stereocenters. The van der Waals surface area contributed by atoms with Gasteiger partial charge in [0.05, 0.1) is 30.3 Å². The van der Waals surface area contributed by atoms with Crippen LogP contribution in [0.1, 0.15) is 17.3 Å². The Bertz CT molecular complexity index is 1010. The van der Waals surface area contributed by atoms with Gasteiger partial charge >= 0.3 is 0 Å². The molecule has 0 radical (unpaired) electrons. The molecule has 0 saturated heterocycles. The third-order valence-corrected chi connectivity index (χ3v) is 4.73. The van der Waals surface area contributed by atoms with E-state index in [9.17, 15) is 9.59 Å². The van der Waals surface area contributed by atoms with Crippen LogP contribution in [0.25, 0.3) is 11.0 Å². The van der Waals surface area contributed by atoms with Crippen LogP contribution in [-0.2, 0) is 11.3 Å². The van der Waals surface area contributed by atoms with Crippen LogP contribution in [0.5, 0.6) is 0 Å². The Kier molecular flexibility index (Phi) is 7.19. The predicted octanol–water partition coefficient (Wildman–Crippen LogP) is 1.11. The highest BCUT2D eigenvalue weighted by atomic mass is 32.2. The number of fused-ring (bicyclic) bond motifs is 1. The van der Waals surface area contributed by atoms with Crippen molar-refractivity contribution in [1.29, 1.82) is 0 Å². The number of aromatic amines is 1. The average Bonchev–Trinajstić information content (AvgIpc) is 3.12. The lowest BCUT2D eigenvalue weighted by atomic mass is 10.3. The molecular weight excluding hydrogens is 394 g/mol. The van der Waals surface area contributed by atoms with Gasteiger partial charge in [-0.05, 0) is 11.8 Å². The Labute approximate surface area is 171 Å². The lowest BCUT2D eigenvalue weighted by Crippen LogP contribution is -2.28. The highest BCUT2D eigenvalue weighted by Gasteiger charge is 2.13. The highest BCUT2D eigenvalue weighted by molar-refractivity contribution is 7.99. The summed E-state index contributed by atoms with van der Waals surface area (Å²) in [4.78, 5) is 34.9. The Morgan fingerprint density at radius 2 is 2.17 bits per heavy atom. The van der Waals surface area contributed by atoms with Gasteiger partial charge in [-0.1, -0.05) is 18.7 Å². The van der Waals surface area contributed by atoms with Gasteiger partial charge in [0.2, 0.25) is 5.56 Å². The second-order valence-electron chi connectivity index (χ2n) is 6.01. The van der Waals surface area contributed by atoms with E-state index in [0.717, 1.165) is 11.1 Å². The Morgan fingerprint density at radius 3 is 2.90 bits per heavy atom. The van der Waals surface area contributed by atoms with Crippen molar-refractivity contribution in [1.82, 2.24) is 30.0 Å². The molecule has 0 bridgehead atoms. The number of thioether (sulfide) groups is 1. The molecule has 29 heavy (non-hydrogen) atoms. The molecule has 0 aliphatic rings. The summed E-state index contributed by atoms with van der Waals surface area (Å²) in [6.07, 6.45) is 3.11. The molecule has 11 heteroatoms. The van der Waals surface area contributed by atoms with Crippen LogP contribution in [-0.4, -0.2) is 63.2 Å². The molecule has 0 unspecified atom stereocenters. The topological polar surface area (TPSA) is 127 Å². The SMILES string of the molecule is CCSc1nc(NCCOC)c2cnn(CCNC(=O)c3ccc(=O)[nH]c3)c2n1.